The number of benzene rings is 1. The minimum Gasteiger partial charge on any atom is -0.490 e. The average Bonchev–Trinajstić information content (AvgIpc) is 3.18. The van der Waals surface area contributed by atoms with E-state index >= 15 is 0 Å². The molecule has 2 rings (SSSR count). The number of ether oxygens (including phenoxy) is 1. The van der Waals surface area contributed by atoms with Gasteiger partial charge in [-0.05, 0) is 27.4 Å². The molecule has 0 atom stereocenters. The van der Waals surface area contributed by atoms with Gasteiger partial charge in [-0.25, -0.2) is 14.0 Å². The van der Waals surface area contributed by atoms with Gasteiger partial charge in [0, 0.05) is 25.2 Å². The van der Waals surface area contributed by atoms with Gasteiger partial charge >= 0.3 is 18.2 Å². The maximum atomic E-state index is 14.3. The normalized spacial score (nSPS) is 11.2. The maximum absolute atomic E-state index is 14.3. The van der Waals surface area contributed by atoms with Crippen molar-refractivity contribution in [3.63, 3.8) is 0 Å². The molecule has 0 aliphatic rings. The second-order valence-electron chi connectivity index (χ2n) is 7.09. The van der Waals surface area contributed by atoms with Gasteiger partial charge in [0.1, 0.15) is 0 Å². The fourth-order valence-corrected chi connectivity index (χ4v) is 2.30. The molecule has 1 aromatic carbocycles. The van der Waals surface area contributed by atoms with Crippen LogP contribution in [0.1, 0.15) is 19.0 Å². The minimum absolute atomic E-state index is 0.0929. The number of hydrogen-bond donors (Lipinski definition) is 5. The zero-order valence-electron chi connectivity index (χ0n) is 19.2. The first-order chi connectivity index (χ1) is 16.3. The van der Waals surface area contributed by atoms with Crippen molar-refractivity contribution in [2.45, 2.75) is 19.5 Å². The molecule has 0 aliphatic carbocycles. The fraction of sp³-hybridized carbons (Fsp3) is 0.400. The largest absolute Gasteiger partial charge is 0.490 e. The Balaban J connectivity index is 0.000000762. The summed E-state index contributed by atoms with van der Waals surface area (Å²) in [5.74, 6) is -3.21. The van der Waals surface area contributed by atoms with Crippen LogP contribution in [-0.4, -0.2) is 78.4 Å². The van der Waals surface area contributed by atoms with E-state index in [0.29, 0.717) is 24.5 Å². The predicted molar refractivity (Wildman–Crippen MR) is 122 cm³/mol. The fourth-order valence-electron chi connectivity index (χ4n) is 2.30. The van der Waals surface area contributed by atoms with E-state index in [-0.39, 0.29) is 23.2 Å². The van der Waals surface area contributed by atoms with Crippen LogP contribution in [0.15, 0.2) is 23.3 Å². The van der Waals surface area contributed by atoms with E-state index in [0.717, 1.165) is 13.0 Å². The summed E-state index contributed by atoms with van der Waals surface area (Å²) in [5, 5.41) is 18.9. The summed E-state index contributed by atoms with van der Waals surface area (Å²) in [6.07, 6.45) is -1.45. The second-order valence-corrected chi connectivity index (χ2v) is 7.09. The van der Waals surface area contributed by atoms with Gasteiger partial charge in [-0.3, -0.25) is 10.1 Å². The Morgan fingerprint density at radius 2 is 2.00 bits per heavy atom. The molecule has 0 saturated heterocycles. The highest BCUT2D eigenvalue weighted by Gasteiger charge is 2.38. The van der Waals surface area contributed by atoms with Crippen molar-refractivity contribution in [3.8, 4) is 5.75 Å². The highest BCUT2D eigenvalue weighted by molar-refractivity contribution is 5.96. The number of halogens is 4. The Morgan fingerprint density at radius 1 is 1.34 bits per heavy atom. The van der Waals surface area contributed by atoms with Crippen LogP contribution in [0.2, 0.25) is 0 Å². The highest BCUT2D eigenvalue weighted by Crippen LogP contribution is 2.30. The van der Waals surface area contributed by atoms with E-state index in [1.807, 2.05) is 25.9 Å². The van der Waals surface area contributed by atoms with Gasteiger partial charge in [-0.2, -0.15) is 18.3 Å². The van der Waals surface area contributed by atoms with Crippen molar-refractivity contribution in [3.05, 3.63) is 29.8 Å². The lowest BCUT2D eigenvalue weighted by atomic mass is 10.2. The number of anilines is 2. The van der Waals surface area contributed by atoms with E-state index in [4.69, 9.17) is 20.4 Å². The Bertz CT molecular complexity index is 1010. The smallest absolute Gasteiger partial charge is 0.490 e. The molecule has 6 N–H and O–H groups in total. The first kappa shape index (κ1) is 29.2. The summed E-state index contributed by atoms with van der Waals surface area (Å²) in [5.41, 5.74) is 7.38. The third-order valence-corrected chi connectivity index (χ3v) is 3.92. The molecule has 0 bridgehead atoms. The van der Waals surface area contributed by atoms with E-state index in [1.165, 1.54) is 24.5 Å². The molecule has 2 aromatic rings. The lowest BCUT2D eigenvalue weighted by molar-refractivity contribution is -0.192. The monoisotopic (exact) mass is 505 g/mol. The number of aromatic amines is 1. The number of nitrogens with two attached hydrogens (primary N) is 1. The SMILES string of the molecule is CCNC(=O)Nc1cn[nH]c1C=Nc1cc(F)c(OCCCN(C)C)cc1N.O=C(O)C(F)(F)F. The molecular weight excluding hydrogens is 478 g/mol. The number of nitrogen functional groups attached to an aromatic ring is 1. The summed E-state index contributed by atoms with van der Waals surface area (Å²) in [6.45, 7) is 3.53. The summed E-state index contributed by atoms with van der Waals surface area (Å²) in [4.78, 5) is 26.7. The van der Waals surface area contributed by atoms with Crippen molar-refractivity contribution >= 4 is 35.3 Å². The summed E-state index contributed by atoms with van der Waals surface area (Å²) < 4.78 is 51.5. The van der Waals surface area contributed by atoms with Crippen LogP contribution >= 0.6 is 0 Å². The molecule has 0 unspecified atom stereocenters. The Kier molecular flexibility index (Phi) is 11.4. The number of alkyl halides is 3. The van der Waals surface area contributed by atoms with Gasteiger partial charge in [0.05, 0.1) is 41.8 Å². The van der Waals surface area contributed by atoms with E-state index in [2.05, 4.69) is 25.8 Å². The van der Waals surface area contributed by atoms with Crippen molar-refractivity contribution < 1.29 is 37.0 Å². The lowest BCUT2D eigenvalue weighted by Crippen LogP contribution is -2.28. The van der Waals surface area contributed by atoms with Crippen LogP contribution in [0.4, 0.5) is 39.4 Å². The van der Waals surface area contributed by atoms with Gasteiger partial charge in [-0.1, -0.05) is 0 Å². The Hall–Kier alpha value is -3.88. The molecule has 1 heterocycles. The van der Waals surface area contributed by atoms with E-state index in [1.54, 1.807) is 0 Å². The number of hydrogen-bond acceptors (Lipinski definition) is 7. The third kappa shape index (κ3) is 10.7. The first-order valence-electron chi connectivity index (χ1n) is 10.1. The molecule has 0 saturated carbocycles. The zero-order chi connectivity index (χ0) is 26.6. The number of carboxylic acids is 1. The van der Waals surface area contributed by atoms with Crippen molar-refractivity contribution in [2.75, 3.05) is 44.8 Å². The third-order valence-electron chi connectivity index (χ3n) is 3.92. The highest BCUT2D eigenvalue weighted by atomic mass is 19.4. The molecule has 2 amide bonds. The number of amides is 2. The maximum Gasteiger partial charge on any atom is 0.490 e. The number of aliphatic carboxylic acids is 1. The number of urea groups is 1. The number of H-pyrrole nitrogens is 1. The Labute approximate surface area is 198 Å². The van der Waals surface area contributed by atoms with E-state index < -0.39 is 18.0 Å². The van der Waals surface area contributed by atoms with Gasteiger partial charge in [0.15, 0.2) is 11.6 Å². The number of carbonyl (C=O) groups is 2. The molecule has 0 fully saturated rings. The number of carboxylic acid groups (broad SMARTS) is 1. The number of nitrogens with one attached hydrogen (secondary N) is 3. The van der Waals surface area contributed by atoms with Gasteiger partial charge in [-0.15, -0.1) is 0 Å². The van der Waals surface area contributed by atoms with Gasteiger partial charge in [0.2, 0.25) is 0 Å². The molecule has 1 aromatic heterocycles. The Morgan fingerprint density at radius 3 is 2.57 bits per heavy atom. The molecular formula is C20H27F4N7O4. The van der Waals surface area contributed by atoms with Crippen molar-refractivity contribution in [1.29, 1.82) is 0 Å². The molecule has 194 valence electrons. The molecule has 0 spiro atoms. The van der Waals surface area contributed by atoms with Crippen molar-refractivity contribution in [1.82, 2.24) is 20.4 Å². The van der Waals surface area contributed by atoms with Crippen LogP contribution in [0, 0.1) is 5.82 Å². The first-order valence-corrected chi connectivity index (χ1v) is 10.1. The average molecular weight is 505 g/mol. The minimum atomic E-state index is -5.08. The van der Waals surface area contributed by atoms with Crippen LogP contribution in [-0.2, 0) is 4.79 Å². The lowest BCUT2D eigenvalue weighted by Gasteiger charge is -2.12. The summed E-state index contributed by atoms with van der Waals surface area (Å²) in [7, 11) is 3.92. The number of carbonyl (C=O) groups excluding carboxylic acids is 1. The topological polar surface area (TPSA) is 158 Å². The van der Waals surface area contributed by atoms with Crippen LogP contribution in [0.25, 0.3) is 0 Å². The number of aromatic nitrogens is 2. The predicted octanol–water partition coefficient (Wildman–Crippen LogP) is 2.99. The molecule has 0 aliphatic heterocycles. The second kappa shape index (κ2) is 13.7. The van der Waals surface area contributed by atoms with Crippen LogP contribution < -0.4 is 21.1 Å². The quantitative estimate of drug-likeness (QED) is 0.152. The van der Waals surface area contributed by atoms with Crippen LogP contribution in [0.5, 0.6) is 5.75 Å². The molecule has 11 nitrogen and oxygen atoms in total. The summed E-state index contributed by atoms with van der Waals surface area (Å²) >= 11 is 0. The van der Waals surface area contributed by atoms with Gasteiger partial charge < -0.3 is 31.1 Å². The molecule has 35 heavy (non-hydrogen) atoms. The van der Waals surface area contributed by atoms with E-state index in [9.17, 15) is 22.4 Å². The zero-order valence-corrected chi connectivity index (χ0v) is 19.2. The van der Waals surface area contributed by atoms with Crippen LogP contribution in [0.3, 0.4) is 0 Å². The number of nitrogens with zero attached hydrogens (tertiary/aromatic N) is 3. The van der Waals surface area contributed by atoms with Gasteiger partial charge in [0.25, 0.3) is 0 Å². The number of aliphatic imine (C=N–C) groups is 1. The standard InChI is InChI=1S/C18H26FN7O2.C2HF3O2/c1-4-21-18(27)24-15-11-23-25-16(15)10-22-14-8-12(19)17(9-13(14)20)28-7-5-6-26(2)3;3-2(4,5)1(6)7/h8-11H,4-7,20H2,1-3H3,(H,23,25)(H2,21,24,27);(H,6,7). The number of rotatable bonds is 9. The molecule has 15 heteroatoms. The molecule has 0 radical (unpaired) electrons. The summed E-state index contributed by atoms with van der Waals surface area (Å²) in [6, 6.07) is 2.26. The van der Waals surface area contributed by atoms with Crippen molar-refractivity contribution in [2.24, 2.45) is 4.99 Å².